The van der Waals surface area contributed by atoms with Crippen LogP contribution < -0.4 is 0 Å². The summed E-state index contributed by atoms with van der Waals surface area (Å²) < 4.78 is 29.4. The van der Waals surface area contributed by atoms with Crippen molar-refractivity contribution >= 4 is 5.52 Å². The lowest BCUT2D eigenvalue weighted by atomic mass is 9.75. The first kappa shape index (κ1) is 17.8. The van der Waals surface area contributed by atoms with Gasteiger partial charge in [-0.15, -0.1) is 0 Å². The summed E-state index contributed by atoms with van der Waals surface area (Å²) in [6.07, 6.45) is 8.70. The van der Waals surface area contributed by atoms with Gasteiger partial charge in [0.15, 0.2) is 0 Å². The van der Waals surface area contributed by atoms with E-state index in [4.69, 9.17) is 0 Å². The SMILES string of the molecule is O[C@H](c1c(C2CC2)ccc2cncn12)[C@H]1CC[C@H](c2ccc(F)cc2F)CC1. The molecule has 3 nitrogen and oxygen atoms in total. The van der Waals surface area contributed by atoms with Crippen molar-refractivity contribution in [1.29, 1.82) is 0 Å². The standard InChI is InChI=1S/C23H24F2N2O/c24-17-7-9-19(21(25)11-17)14-3-5-16(6-4-14)23(28)22-20(15-1-2-15)10-8-18-12-26-13-27(18)22/h7-16,23,28H,1-6H2/t14-,16-,23-/m0/s1. The molecule has 2 aliphatic rings. The number of pyridine rings is 1. The molecule has 1 atom stereocenters. The van der Waals surface area contributed by atoms with Gasteiger partial charge in [0.25, 0.3) is 0 Å². The highest BCUT2D eigenvalue weighted by atomic mass is 19.1. The van der Waals surface area contributed by atoms with Crippen LogP contribution in [-0.4, -0.2) is 14.5 Å². The zero-order valence-corrected chi connectivity index (χ0v) is 15.7. The van der Waals surface area contributed by atoms with Crippen LogP contribution in [0.3, 0.4) is 0 Å². The maximum Gasteiger partial charge on any atom is 0.129 e. The van der Waals surface area contributed by atoms with Gasteiger partial charge in [-0.3, -0.25) is 0 Å². The Kier molecular flexibility index (Phi) is 4.43. The average Bonchev–Trinajstić information content (AvgIpc) is 3.43. The Balaban J connectivity index is 1.38. The van der Waals surface area contributed by atoms with Crippen molar-refractivity contribution in [3.63, 3.8) is 0 Å². The van der Waals surface area contributed by atoms with E-state index in [0.29, 0.717) is 11.5 Å². The molecule has 0 saturated heterocycles. The molecule has 3 aromatic rings. The summed E-state index contributed by atoms with van der Waals surface area (Å²) >= 11 is 0. The molecule has 5 heteroatoms. The number of fused-ring (bicyclic) bond motifs is 1. The van der Waals surface area contributed by atoms with Gasteiger partial charge in [-0.1, -0.05) is 12.1 Å². The Bertz CT molecular complexity index is 1000. The number of nitrogens with zero attached hydrogens (tertiary/aromatic N) is 2. The summed E-state index contributed by atoms with van der Waals surface area (Å²) in [5, 5.41) is 11.3. The van der Waals surface area contributed by atoms with Crippen molar-refractivity contribution in [3.05, 3.63) is 71.3 Å². The number of benzene rings is 1. The fourth-order valence-corrected chi connectivity index (χ4v) is 4.88. The molecule has 0 radical (unpaired) electrons. The van der Waals surface area contributed by atoms with Crippen LogP contribution in [0.2, 0.25) is 0 Å². The van der Waals surface area contributed by atoms with Crippen molar-refractivity contribution < 1.29 is 13.9 Å². The van der Waals surface area contributed by atoms with Gasteiger partial charge >= 0.3 is 0 Å². The highest BCUT2D eigenvalue weighted by Crippen LogP contribution is 2.47. The smallest absolute Gasteiger partial charge is 0.129 e. The fraction of sp³-hybridized carbons (Fsp3) is 0.435. The second kappa shape index (κ2) is 6.96. The van der Waals surface area contributed by atoms with Gasteiger partial charge in [-0.05, 0) is 79.5 Å². The number of hydrogen-bond donors (Lipinski definition) is 1. The van der Waals surface area contributed by atoms with E-state index in [1.54, 1.807) is 12.4 Å². The van der Waals surface area contributed by atoms with Crippen molar-refractivity contribution in [3.8, 4) is 0 Å². The number of imidazole rings is 1. The normalized spacial score (nSPS) is 23.8. The van der Waals surface area contributed by atoms with Crippen molar-refractivity contribution in [2.24, 2.45) is 5.92 Å². The predicted molar refractivity (Wildman–Crippen MR) is 103 cm³/mol. The van der Waals surface area contributed by atoms with E-state index >= 15 is 0 Å². The molecule has 0 aliphatic heterocycles. The first-order chi connectivity index (χ1) is 13.6. The Hall–Kier alpha value is -2.27. The third kappa shape index (κ3) is 3.12. The van der Waals surface area contributed by atoms with E-state index < -0.39 is 17.7 Å². The first-order valence-corrected chi connectivity index (χ1v) is 10.2. The molecule has 2 heterocycles. The summed E-state index contributed by atoms with van der Waals surface area (Å²) in [5.41, 5.74) is 3.82. The molecule has 28 heavy (non-hydrogen) atoms. The molecule has 0 unspecified atom stereocenters. The third-order valence-corrected chi connectivity index (χ3v) is 6.57. The summed E-state index contributed by atoms with van der Waals surface area (Å²) in [7, 11) is 0. The summed E-state index contributed by atoms with van der Waals surface area (Å²) in [6.45, 7) is 0. The van der Waals surface area contributed by atoms with Crippen LogP contribution >= 0.6 is 0 Å². The topological polar surface area (TPSA) is 37.5 Å². The van der Waals surface area contributed by atoms with E-state index in [1.165, 1.54) is 24.5 Å². The predicted octanol–water partition coefficient (Wildman–Crippen LogP) is 5.50. The monoisotopic (exact) mass is 382 g/mol. The minimum absolute atomic E-state index is 0.0935. The second-order valence-corrected chi connectivity index (χ2v) is 8.36. The number of aliphatic hydroxyl groups excluding tert-OH is 1. The molecule has 2 saturated carbocycles. The Labute approximate surface area is 163 Å². The lowest BCUT2D eigenvalue weighted by molar-refractivity contribution is 0.0752. The lowest BCUT2D eigenvalue weighted by Crippen LogP contribution is -2.22. The fourth-order valence-electron chi connectivity index (χ4n) is 4.88. The Morgan fingerprint density at radius 2 is 1.61 bits per heavy atom. The van der Waals surface area contributed by atoms with Crippen LogP contribution in [0.15, 0.2) is 42.9 Å². The molecule has 0 bridgehead atoms. The van der Waals surface area contributed by atoms with Crippen molar-refractivity contribution in [2.75, 3.05) is 0 Å². The van der Waals surface area contributed by atoms with Crippen molar-refractivity contribution in [1.82, 2.24) is 9.38 Å². The van der Waals surface area contributed by atoms with Crippen LogP contribution in [-0.2, 0) is 0 Å². The second-order valence-electron chi connectivity index (χ2n) is 8.36. The average molecular weight is 382 g/mol. The molecular weight excluding hydrogens is 358 g/mol. The molecule has 0 amide bonds. The van der Waals surface area contributed by atoms with Crippen LogP contribution in [0.5, 0.6) is 0 Å². The molecule has 2 aromatic heterocycles. The van der Waals surface area contributed by atoms with Gasteiger partial charge in [0, 0.05) is 6.07 Å². The Morgan fingerprint density at radius 1 is 0.929 bits per heavy atom. The van der Waals surface area contributed by atoms with Crippen LogP contribution in [0.4, 0.5) is 8.78 Å². The van der Waals surface area contributed by atoms with Crippen LogP contribution in [0.1, 0.15) is 73.3 Å². The van der Waals surface area contributed by atoms with E-state index in [0.717, 1.165) is 43.0 Å². The molecule has 2 aliphatic carbocycles. The van der Waals surface area contributed by atoms with Crippen LogP contribution in [0, 0.1) is 17.6 Å². The maximum atomic E-state index is 14.1. The van der Waals surface area contributed by atoms with Crippen LogP contribution in [0.25, 0.3) is 5.52 Å². The molecule has 5 rings (SSSR count). The maximum absolute atomic E-state index is 14.1. The number of aromatic nitrogens is 2. The number of aliphatic hydroxyl groups is 1. The Morgan fingerprint density at radius 3 is 2.32 bits per heavy atom. The zero-order chi connectivity index (χ0) is 19.3. The minimum Gasteiger partial charge on any atom is -0.387 e. The van der Waals surface area contributed by atoms with E-state index in [2.05, 4.69) is 17.1 Å². The van der Waals surface area contributed by atoms with Gasteiger partial charge < -0.3 is 9.51 Å². The van der Waals surface area contributed by atoms with Gasteiger partial charge in [-0.2, -0.15) is 0 Å². The molecule has 2 fully saturated rings. The molecule has 1 N–H and O–H groups in total. The number of rotatable bonds is 4. The zero-order valence-electron chi connectivity index (χ0n) is 15.7. The van der Waals surface area contributed by atoms with Gasteiger partial charge in [0.1, 0.15) is 11.6 Å². The molecular formula is C23H24F2N2O. The largest absolute Gasteiger partial charge is 0.387 e. The quantitative estimate of drug-likeness (QED) is 0.647. The summed E-state index contributed by atoms with van der Waals surface area (Å²) in [6, 6.07) is 8.10. The highest BCUT2D eigenvalue weighted by Gasteiger charge is 2.34. The highest BCUT2D eigenvalue weighted by molar-refractivity contribution is 5.50. The molecule has 1 aromatic carbocycles. The minimum atomic E-state index is -0.549. The van der Waals surface area contributed by atoms with E-state index in [-0.39, 0.29) is 11.8 Å². The summed E-state index contributed by atoms with van der Waals surface area (Å²) in [4.78, 5) is 4.26. The van der Waals surface area contributed by atoms with E-state index in [9.17, 15) is 13.9 Å². The lowest BCUT2D eigenvalue weighted by Gasteiger charge is -2.33. The van der Waals surface area contributed by atoms with Gasteiger partial charge in [0.05, 0.1) is 29.8 Å². The molecule has 146 valence electrons. The number of hydrogen-bond acceptors (Lipinski definition) is 2. The molecule has 0 spiro atoms. The van der Waals surface area contributed by atoms with E-state index in [1.807, 2.05) is 10.6 Å². The third-order valence-electron chi connectivity index (χ3n) is 6.57. The van der Waals surface area contributed by atoms with Gasteiger partial charge in [-0.25, -0.2) is 13.8 Å². The summed E-state index contributed by atoms with van der Waals surface area (Å²) in [5.74, 6) is -0.211. The van der Waals surface area contributed by atoms with Crippen molar-refractivity contribution in [2.45, 2.75) is 56.5 Å². The number of halogens is 2. The van der Waals surface area contributed by atoms with Gasteiger partial charge in [0.2, 0.25) is 0 Å². The first-order valence-electron chi connectivity index (χ1n) is 10.2.